The second-order valence-electron chi connectivity index (χ2n) is 7.24. The first-order chi connectivity index (χ1) is 9.89. The largest absolute Gasteiger partial charge is 0.496 e. The highest BCUT2D eigenvalue weighted by Gasteiger charge is 2.29. The fraction of sp³-hybridized carbons (Fsp3) is 0.667. The average Bonchev–Trinajstić information content (AvgIpc) is 2.83. The zero-order chi connectivity index (χ0) is 15.5. The molecular weight excluding hydrogens is 282 g/mol. The fourth-order valence-corrected chi connectivity index (χ4v) is 3.47. The van der Waals surface area contributed by atoms with E-state index in [-0.39, 0.29) is 5.54 Å². The van der Waals surface area contributed by atoms with Gasteiger partial charge in [-0.2, -0.15) is 0 Å². The highest BCUT2D eigenvalue weighted by molar-refractivity contribution is 6.30. The molecule has 1 saturated carbocycles. The van der Waals surface area contributed by atoms with E-state index in [1.54, 1.807) is 7.11 Å². The summed E-state index contributed by atoms with van der Waals surface area (Å²) in [6, 6.07) is 5.94. The first kappa shape index (κ1) is 16.6. The highest BCUT2D eigenvalue weighted by Crippen LogP contribution is 2.36. The third-order valence-corrected chi connectivity index (χ3v) is 4.67. The summed E-state index contributed by atoms with van der Waals surface area (Å²) in [6.45, 7) is 7.81. The van der Waals surface area contributed by atoms with Gasteiger partial charge in [0.2, 0.25) is 0 Å². The molecule has 3 heteroatoms. The molecule has 118 valence electrons. The minimum absolute atomic E-state index is 0.195. The number of methoxy groups -OCH3 is 1. The van der Waals surface area contributed by atoms with Crippen molar-refractivity contribution in [1.82, 2.24) is 5.32 Å². The van der Waals surface area contributed by atoms with Crippen LogP contribution in [0.3, 0.4) is 0 Å². The molecular formula is C18H28ClNO. The van der Waals surface area contributed by atoms with Crippen LogP contribution in [0.25, 0.3) is 0 Å². The number of ether oxygens (including phenoxy) is 1. The molecule has 0 saturated heterocycles. The summed E-state index contributed by atoms with van der Waals surface area (Å²) in [5, 5.41) is 4.46. The molecule has 1 aromatic rings. The van der Waals surface area contributed by atoms with Gasteiger partial charge in [0.05, 0.1) is 7.11 Å². The van der Waals surface area contributed by atoms with Gasteiger partial charge in [-0.05, 0) is 82.2 Å². The normalized spacial score (nSPS) is 22.5. The number of benzene rings is 1. The molecule has 0 amide bonds. The van der Waals surface area contributed by atoms with E-state index < -0.39 is 0 Å². The Balaban J connectivity index is 2.02. The van der Waals surface area contributed by atoms with Gasteiger partial charge in [-0.1, -0.05) is 18.0 Å². The lowest BCUT2D eigenvalue weighted by molar-refractivity contribution is 0.314. The summed E-state index contributed by atoms with van der Waals surface area (Å²) in [7, 11) is 1.74. The van der Waals surface area contributed by atoms with Gasteiger partial charge in [-0.3, -0.25) is 0 Å². The van der Waals surface area contributed by atoms with E-state index in [2.05, 4.69) is 32.2 Å². The third kappa shape index (κ3) is 4.89. The Hall–Kier alpha value is -0.730. The van der Waals surface area contributed by atoms with Crippen molar-refractivity contribution in [3.05, 3.63) is 28.8 Å². The van der Waals surface area contributed by atoms with Crippen molar-refractivity contribution >= 4 is 11.6 Å². The molecule has 0 heterocycles. The highest BCUT2D eigenvalue weighted by atomic mass is 35.5. The molecule has 1 N–H and O–H groups in total. The lowest BCUT2D eigenvalue weighted by atomic mass is 9.88. The van der Waals surface area contributed by atoms with Crippen molar-refractivity contribution in [1.29, 1.82) is 0 Å². The smallest absolute Gasteiger partial charge is 0.122 e. The summed E-state index contributed by atoms with van der Waals surface area (Å²) in [5.41, 5.74) is 1.44. The van der Waals surface area contributed by atoms with Gasteiger partial charge < -0.3 is 10.1 Å². The van der Waals surface area contributed by atoms with Crippen LogP contribution in [-0.4, -0.2) is 19.2 Å². The summed E-state index contributed by atoms with van der Waals surface area (Å²) in [6.07, 6.45) is 5.05. The Morgan fingerprint density at radius 3 is 2.62 bits per heavy atom. The molecule has 2 atom stereocenters. The fourth-order valence-electron chi connectivity index (χ4n) is 3.28. The van der Waals surface area contributed by atoms with E-state index >= 15 is 0 Å². The van der Waals surface area contributed by atoms with Crippen molar-refractivity contribution in [3.8, 4) is 5.75 Å². The van der Waals surface area contributed by atoms with E-state index in [1.807, 2.05) is 12.1 Å². The first-order valence-corrected chi connectivity index (χ1v) is 8.34. The van der Waals surface area contributed by atoms with Crippen LogP contribution in [0.5, 0.6) is 5.75 Å². The van der Waals surface area contributed by atoms with E-state index in [4.69, 9.17) is 16.3 Å². The third-order valence-electron chi connectivity index (χ3n) is 4.44. The summed E-state index contributed by atoms with van der Waals surface area (Å²) < 4.78 is 5.49. The van der Waals surface area contributed by atoms with Gasteiger partial charge in [0.1, 0.15) is 5.75 Å². The summed E-state index contributed by atoms with van der Waals surface area (Å²) in [4.78, 5) is 0. The minimum Gasteiger partial charge on any atom is -0.496 e. The Kier molecular flexibility index (Phi) is 5.56. The molecule has 2 nitrogen and oxygen atoms in total. The Labute approximate surface area is 134 Å². The molecule has 1 fully saturated rings. The van der Waals surface area contributed by atoms with Crippen molar-refractivity contribution in [2.45, 2.75) is 52.0 Å². The lowest BCUT2D eigenvalue weighted by Crippen LogP contribution is -2.40. The molecule has 0 bridgehead atoms. The number of halogens is 1. The lowest BCUT2D eigenvalue weighted by Gasteiger charge is -2.27. The summed E-state index contributed by atoms with van der Waals surface area (Å²) in [5.74, 6) is 2.45. The SMILES string of the molecule is COc1ccc(Cl)cc1CC1CCCC1CNC(C)(C)C. The first-order valence-electron chi connectivity index (χ1n) is 7.96. The van der Waals surface area contributed by atoms with Crippen LogP contribution >= 0.6 is 11.6 Å². The Morgan fingerprint density at radius 2 is 1.95 bits per heavy atom. The van der Waals surface area contributed by atoms with Gasteiger partial charge in [-0.15, -0.1) is 0 Å². The van der Waals surface area contributed by atoms with Gasteiger partial charge in [0.25, 0.3) is 0 Å². The van der Waals surface area contributed by atoms with Crippen molar-refractivity contribution in [2.24, 2.45) is 11.8 Å². The van der Waals surface area contributed by atoms with Crippen LogP contribution in [0.15, 0.2) is 18.2 Å². The predicted molar refractivity (Wildman–Crippen MR) is 90.3 cm³/mol. The monoisotopic (exact) mass is 309 g/mol. The van der Waals surface area contributed by atoms with Gasteiger partial charge in [0.15, 0.2) is 0 Å². The number of rotatable bonds is 5. The van der Waals surface area contributed by atoms with E-state index in [9.17, 15) is 0 Å². The van der Waals surface area contributed by atoms with Crippen LogP contribution in [0.2, 0.25) is 5.02 Å². The molecule has 21 heavy (non-hydrogen) atoms. The Morgan fingerprint density at radius 1 is 1.24 bits per heavy atom. The molecule has 1 aliphatic rings. The van der Waals surface area contributed by atoms with E-state index in [1.165, 1.54) is 24.8 Å². The quantitative estimate of drug-likeness (QED) is 0.851. The molecule has 0 aromatic heterocycles. The van der Waals surface area contributed by atoms with Crippen LogP contribution in [-0.2, 0) is 6.42 Å². The second-order valence-corrected chi connectivity index (χ2v) is 7.68. The van der Waals surface area contributed by atoms with Crippen molar-refractivity contribution in [2.75, 3.05) is 13.7 Å². The topological polar surface area (TPSA) is 21.3 Å². The Bertz CT molecular complexity index is 467. The van der Waals surface area contributed by atoms with Crippen LogP contribution in [0, 0.1) is 11.8 Å². The van der Waals surface area contributed by atoms with Gasteiger partial charge >= 0.3 is 0 Å². The van der Waals surface area contributed by atoms with Crippen molar-refractivity contribution < 1.29 is 4.74 Å². The maximum Gasteiger partial charge on any atom is 0.122 e. The second kappa shape index (κ2) is 7.02. The number of hydrogen-bond donors (Lipinski definition) is 1. The van der Waals surface area contributed by atoms with E-state index in [0.29, 0.717) is 0 Å². The van der Waals surface area contributed by atoms with Crippen LogP contribution in [0.1, 0.15) is 45.6 Å². The summed E-state index contributed by atoms with van der Waals surface area (Å²) >= 11 is 6.15. The molecule has 2 unspecified atom stereocenters. The van der Waals surface area contributed by atoms with Gasteiger partial charge in [0, 0.05) is 10.6 Å². The molecule has 0 spiro atoms. The van der Waals surface area contributed by atoms with Gasteiger partial charge in [-0.25, -0.2) is 0 Å². The maximum atomic E-state index is 6.15. The standard InChI is InChI=1S/C18H28ClNO/c1-18(2,3)20-12-14-7-5-6-13(14)10-15-11-16(19)8-9-17(15)21-4/h8-9,11,13-14,20H,5-7,10,12H2,1-4H3. The maximum absolute atomic E-state index is 6.15. The zero-order valence-electron chi connectivity index (χ0n) is 13.7. The molecule has 1 aromatic carbocycles. The predicted octanol–water partition coefficient (Wildman–Crippen LogP) is 4.70. The van der Waals surface area contributed by atoms with Crippen LogP contribution < -0.4 is 10.1 Å². The molecule has 0 radical (unpaired) electrons. The number of nitrogens with one attached hydrogen (secondary N) is 1. The molecule has 1 aliphatic carbocycles. The van der Waals surface area contributed by atoms with Crippen LogP contribution in [0.4, 0.5) is 0 Å². The average molecular weight is 310 g/mol. The molecule has 0 aliphatic heterocycles. The molecule has 2 rings (SSSR count). The number of hydrogen-bond acceptors (Lipinski definition) is 2. The van der Waals surface area contributed by atoms with E-state index in [0.717, 1.165) is 35.6 Å². The minimum atomic E-state index is 0.195. The zero-order valence-corrected chi connectivity index (χ0v) is 14.5. The van der Waals surface area contributed by atoms with Crippen molar-refractivity contribution in [3.63, 3.8) is 0 Å².